The van der Waals surface area contributed by atoms with Gasteiger partial charge in [-0.25, -0.2) is 4.98 Å². The van der Waals surface area contributed by atoms with Gasteiger partial charge in [0.25, 0.3) is 0 Å². The number of anilines is 1. The molecule has 0 amide bonds. The molecule has 3 rings (SSSR count). The summed E-state index contributed by atoms with van der Waals surface area (Å²) in [5, 5.41) is 6.52. The van der Waals surface area contributed by atoms with E-state index in [1.54, 1.807) is 0 Å². The summed E-state index contributed by atoms with van der Waals surface area (Å²) < 4.78 is 0. The van der Waals surface area contributed by atoms with E-state index < -0.39 is 0 Å². The zero-order valence-electron chi connectivity index (χ0n) is 18.9. The molecular formula is C25H34N4O. The fourth-order valence-corrected chi connectivity index (χ4v) is 4.32. The van der Waals surface area contributed by atoms with Crippen molar-refractivity contribution in [2.75, 3.05) is 25.0 Å². The summed E-state index contributed by atoms with van der Waals surface area (Å²) in [7, 11) is 1.99. The molecule has 1 N–H and O–H groups in total. The fourth-order valence-electron chi connectivity index (χ4n) is 4.32. The van der Waals surface area contributed by atoms with E-state index in [2.05, 4.69) is 85.0 Å². The molecule has 0 aliphatic heterocycles. The minimum Gasteiger partial charge on any atom is -0.354 e. The molecule has 0 saturated heterocycles. The summed E-state index contributed by atoms with van der Waals surface area (Å²) in [6.45, 7) is 14.3. The van der Waals surface area contributed by atoms with Crippen LogP contribution in [0.5, 0.6) is 0 Å². The Morgan fingerprint density at radius 2 is 2.07 bits per heavy atom. The summed E-state index contributed by atoms with van der Waals surface area (Å²) >= 11 is 0. The highest BCUT2D eigenvalue weighted by molar-refractivity contribution is 5.48. The molecule has 5 heteroatoms. The first-order valence-corrected chi connectivity index (χ1v) is 10.8. The maximum atomic E-state index is 11.2. The predicted molar refractivity (Wildman–Crippen MR) is 125 cm³/mol. The second-order valence-electron chi connectivity index (χ2n) is 8.98. The van der Waals surface area contributed by atoms with Crippen LogP contribution in [-0.2, 0) is 11.8 Å². The normalized spacial score (nSPS) is 19.8. The van der Waals surface area contributed by atoms with Crippen LogP contribution in [0.2, 0.25) is 0 Å². The quantitative estimate of drug-likeness (QED) is 0.589. The summed E-state index contributed by atoms with van der Waals surface area (Å²) in [4.78, 5) is 18.2. The molecule has 1 heterocycles. The van der Waals surface area contributed by atoms with Crippen molar-refractivity contribution in [3.63, 3.8) is 0 Å². The topological polar surface area (TPSA) is 57.6 Å². The number of likely N-dealkylation sites (N-methyl/N-ethyl adjacent to an activating group) is 1. The average molecular weight is 407 g/mol. The molecule has 1 aromatic heterocycles. The Hall–Kier alpha value is -2.53. The Balaban J connectivity index is 1.86. The molecular weight excluding hydrogens is 372 g/mol. The lowest BCUT2D eigenvalue weighted by atomic mass is 9.80. The first kappa shape index (κ1) is 22.2. The van der Waals surface area contributed by atoms with Gasteiger partial charge in [-0.15, -0.1) is 4.91 Å². The van der Waals surface area contributed by atoms with Crippen molar-refractivity contribution in [3.05, 3.63) is 76.0 Å². The van der Waals surface area contributed by atoms with Crippen molar-refractivity contribution in [1.82, 2.24) is 10.3 Å². The monoisotopic (exact) mass is 406 g/mol. The second-order valence-corrected chi connectivity index (χ2v) is 8.98. The third kappa shape index (κ3) is 4.46. The fraction of sp³-hybridized carbons (Fsp3) is 0.480. The predicted octanol–water partition coefficient (Wildman–Crippen LogP) is 5.09. The van der Waals surface area contributed by atoms with E-state index >= 15 is 0 Å². The Bertz CT molecular complexity index is 908. The van der Waals surface area contributed by atoms with Crippen LogP contribution in [0, 0.1) is 11.8 Å². The summed E-state index contributed by atoms with van der Waals surface area (Å²) in [5.41, 5.74) is 5.02. The zero-order valence-corrected chi connectivity index (χ0v) is 18.9. The van der Waals surface area contributed by atoms with Crippen molar-refractivity contribution in [2.24, 2.45) is 5.18 Å². The van der Waals surface area contributed by atoms with Gasteiger partial charge in [0, 0.05) is 30.7 Å². The van der Waals surface area contributed by atoms with Gasteiger partial charge in [0.2, 0.25) is 0 Å². The number of allylic oxidation sites excluding steroid dienone is 1. The second kappa shape index (κ2) is 9.09. The number of hydrogen-bond acceptors (Lipinski definition) is 5. The molecule has 2 aromatic rings. The highest BCUT2D eigenvalue weighted by atomic mass is 16.3. The number of nitrogens with zero attached hydrogens (tertiary/aromatic N) is 3. The molecule has 1 aromatic carbocycles. The van der Waals surface area contributed by atoms with Gasteiger partial charge in [-0.2, -0.15) is 0 Å². The number of nitrogens with one attached hydrogen (secondary N) is 1. The Morgan fingerprint density at radius 1 is 1.30 bits per heavy atom. The molecule has 3 unspecified atom stereocenters. The number of benzene rings is 1. The molecule has 1 aliphatic carbocycles. The van der Waals surface area contributed by atoms with Gasteiger partial charge >= 0.3 is 0 Å². The van der Waals surface area contributed by atoms with Crippen LogP contribution in [0.25, 0.3) is 0 Å². The van der Waals surface area contributed by atoms with Crippen molar-refractivity contribution in [3.8, 4) is 0 Å². The van der Waals surface area contributed by atoms with Crippen molar-refractivity contribution in [2.45, 2.75) is 57.9 Å². The van der Waals surface area contributed by atoms with Crippen molar-refractivity contribution < 1.29 is 0 Å². The Morgan fingerprint density at radius 3 is 2.70 bits per heavy atom. The standard InChI is InChI=1S/C25H34N4O/c1-17-7-10-24(27-14-17)29(16-19(3)26-6)15-18(2)22-9-8-21-11-12-25(5,20(4)28-30)23(21)13-22/h7-10,13-14,18-19,26H,4,11-12,15-16H2,1-3,5-6H3. The first-order valence-electron chi connectivity index (χ1n) is 10.8. The third-order valence-corrected chi connectivity index (χ3v) is 6.64. The van der Waals surface area contributed by atoms with Gasteiger partial charge in [-0.05, 0) is 80.1 Å². The van der Waals surface area contributed by atoms with Gasteiger partial charge in [-0.1, -0.05) is 37.8 Å². The average Bonchev–Trinajstić information content (AvgIpc) is 3.10. The van der Waals surface area contributed by atoms with Crippen LogP contribution >= 0.6 is 0 Å². The number of aromatic nitrogens is 1. The smallest absolute Gasteiger partial charge is 0.128 e. The molecule has 0 fully saturated rings. The number of hydrogen-bond donors (Lipinski definition) is 1. The van der Waals surface area contributed by atoms with Crippen LogP contribution in [-0.4, -0.2) is 31.2 Å². The number of fused-ring (bicyclic) bond motifs is 1. The Labute approximate surface area is 180 Å². The third-order valence-electron chi connectivity index (χ3n) is 6.64. The maximum Gasteiger partial charge on any atom is 0.128 e. The minimum absolute atomic E-state index is 0.310. The van der Waals surface area contributed by atoms with E-state index in [-0.39, 0.29) is 5.41 Å². The molecule has 0 radical (unpaired) electrons. The summed E-state index contributed by atoms with van der Waals surface area (Å²) in [6, 6.07) is 11.3. The summed E-state index contributed by atoms with van der Waals surface area (Å²) in [5.74, 6) is 1.31. The summed E-state index contributed by atoms with van der Waals surface area (Å²) in [6.07, 6.45) is 3.79. The van der Waals surface area contributed by atoms with Gasteiger partial charge in [0.15, 0.2) is 0 Å². The van der Waals surface area contributed by atoms with Crippen molar-refractivity contribution >= 4 is 5.82 Å². The number of aryl methyl sites for hydroxylation is 2. The molecule has 1 aliphatic rings. The van der Waals surface area contributed by atoms with Gasteiger partial charge in [0.05, 0.1) is 5.70 Å². The molecule has 5 nitrogen and oxygen atoms in total. The highest BCUT2D eigenvalue weighted by Crippen LogP contribution is 2.44. The van der Waals surface area contributed by atoms with Gasteiger partial charge in [-0.3, -0.25) is 0 Å². The van der Waals surface area contributed by atoms with E-state index in [1.165, 1.54) is 16.7 Å². The number of pyridine rings is 1. The molecule has 160 valence electrons. The zero-order chi connectivity index (χ0) is 21.9. The molecule has 30 heavy (non-hydrogen) atoms. The lowest BCUT2D eigenvalue weighted by molar-refractivity contribution is 0.546. The lowest BCUT2D eigenvalue weighted by Crippen LogP contribution is -2.39. The van der Waals surface area contributed by atoms with E-state index in [4.69, 9.17) is 0 Å². The van der Waals surface area contributed by atoms with Gasteiger partial charge in [0.1, 0.15) is 5.82 Å². The lowest BCUT2D eigenvalue weighted by Gasteiger charge is -2.30. The largest absolute Gasteiger partial charge is 0.354 e. The van der Waals surface area contributed by atoms with E-state index in [0.29, 0.717) is 17.7 Å². The highest BCUT2D eigenvalue weighted by Gasteiger charge is 2.38. The van der Waals surface area contributed by atoms with Crippen molar-refractivity contribution in [1.29, 1.82) is 0 Å². The van der Waals surface area contributed by atoms with Crippen LogP contribution in [0.4, 0.5) is 5.82 Å². The van der Waals surface area contributed by atoms with Crippen LogP contribution in [0.3, 0.4) is 0 Å². The first-order chi connectivity index (χ1) is 14.3. The molecule has 0 saturated carbocycles. The SMILES string of the molecule is C=C(N=O)C1(C)CCc2ccc(C(C)CN(CC(C)NC)c3ccc(C)cn3)cc21. The molecule has 0 bridgehead atoms. The van der Waals surface area contributed by atoms with E-state index in [0.717, 1.165) is 37.3 Å². The molecule has 3 atom stereocenters. The maximum absolute atomic E-state index is 11.2. The Kier molecular flexibility index (Phi) is 6.71. The van der Waals surface area contributed by atoms with Crippen LogP contribution in [0.15, 0.2) is 54.0 Å². The van der Waals surface area contributed by atoms with Crippen LogP contribution in [0.1, 0.15) is 55.4 Å². The van der Waals surface area contributed by atoms with E-state index in [9.17, 15) is 4.91 Å². The molecule has 0 spiro atoms. The number of rotatable bonds is 9. The van der Waals surface area contributed by atoms with Crippen LogP contribution < -0.4 is 10.2 Å². The van der Waals surface area contributed by atoms with Gasteiger partial charge < -0.3 is 10.2 Å². The minimum atomic E-state index is -0.355. The van der Waals surface area contributed by atoms with E-state index in [1.807, 2.05) is 13.2 Å². The number of nitroso groups, excluding NO2 is 1.